The number of nitrogens with two attached hydrogens (primary N) is 1. The summed E-state index contributed by atoms with van der Waals surface area (Å²) in [4.78, 5) is 18.5. The maximum absolute atomic E-state index is 6.09. The quantitative estimate of drug-likeness (QED) is 0.792. The van der Waals surface area contributed by atoms with Gasteiger partial charge in [0.15, 0.2) is 0 Å². The number of benzene rings is 1. The van der Waals surface area contributed by atoms with Crippen molar-refractivity contribution in [3.63, 3.8) is 0 Å². The van der Waals surface area contributed by atoms with Gasteiger partial charge in [0.2, 0.25) is 0 Å². The van der Waals surface area contributed by atoms with Crippen LogP contribution in [-0.2, 0) is 6.54 Å². The molecule has 1 saturated heterocycles. The van der Waals surface area contributed by atoms with Gasteiger partial charge >= 0.3 is 0 Å². The van der Waals surface area contributed by atoms with Crippen LogP contribution in [0.15, 0.2) is 42.5 Å². The molecule has 0 saturated carbocycles. The lowest BCUT2D eigenvalue weighted by Crippen LogP contribution is -2.46. The van der Waals surface area contributed by atoms with Crippen LogP contribution in [0.3, 0.4) is 0 Å². The smallest absolute Gasteiger partial charge is 0.145 e. The lowest BCUT2D eigenvalue weighted by Gasteiger charge is -2.35. The van der Waals surface area contributed by atoms with Crippen molar-refractivity contribution in [2.45, 2.75) is 13.5 Å². The second kappa shape index (κ2) is 6.64. The second-order valence-corrected chi connectivity index (χ2v) is 6.44. The molecular weight excluding hydrogens is 312 g/mol. The van der Waals surface area contributed by atoms with Gasteiger partial charge in [-0.25, -0.2) is 15.0 Å². The average molecular weight is 334 g/mol. The zero-order valence-electron chi connectivity index (χ0n) is 14.4. The Morgan fingerprint density at radius 3 is 2.52 bits per heavy atom. The van der Waals surface area contributed by atoms with E-state index in [9.17, 15) is 0 Å². The molecule has 3 aromatic rings. The molecule has 1 aliphatic rings. The molecule has 0 radical (unpaired) electrons. The monoisotopic (exact) mass is 334 g/mol. The number of fused-ring (bicyclic) bond motifs is 1. The summed E-state index contributed by atoms with van der Waals surface area (Å²) in [5, 5.41) is 0.918. The maximum atomic E-state index is 6.09. The summed E-state index contributed by atoms with van der Waals surface area (Å²) >= 11 is 0. The van der Waals surface area contributed by atoms with E-state index >= 15 is 0 Å². The number of rotatable bonds is 3. The molecule has 2 aromatic heterocycles. The highest BCUT2D eigenvalue weighted by atomic mass is 15.3. The van der Waals surface area contributed by atoms with Gasteiger partial charge in [-0.15, -0.1) is 0 Å². The minimum Gasteiger partial charge on any atom is -0.383 e. The number of nitrogens with zero attached hydrogens (tertiary/aromatic N) is 5. The molecule has 6 nitrogen and oxygen atoms in total. The van der Waals surface area contributed by atoms with E-state index in [2.05, 4.69) is 36.9 Å². The first-order valence-corrected chi connectivity index (χ1v) is 8.61. The first-order valence-electron chi connectivity index (χ1n) is 8.61. The lowest BCUT2D eigenvalue weighted by atomic mass is 10.2. The van der Waals surface area contributed by atoms with E-state index < -0.39 is 0 Å². The van der Waals surface area contributed by atoms with E-state index in [-0.39, 0.29) is 0 Å². The molecule has 0 aliphatic carbocycles. The number of aromatic nitrogens is 3. The largest absolute Gasteiger partial charge is 0.383 e. The van der Waals surface area contributed by atoms with E-state index in [1.165, 1.54) is 0 Å². The molecule has 2 N–H and O–H groups in total. The van der Waals surface area contributed by atoms with Crippen LogP contribution in [0.25, 0.3) is 10.9 Å². The van der Waals surface area contributed by atoms with Crippen LogP contribution in [0, 0.1) is 6.92 Å². The summed E-state index contributed by atoms with van der Waals surface area (Å²) in [7, 11) is 0. The SMILES string of the molecule is Cc1cccc(N2CCN(Cc3nc(N)c4ccccc4n3)CC2)n1. The highest BCUT2D eigenvalue weighted by Crippen LogP contribution is 2.19. The van der Waals surface area contributed by atoms with E-state index in [0.29, 0.717) is 5.82 Å². The Kier molecular flexibility index (Phi) is 4.19. The van der Waals surface area contributed by atoms with Gasteiger partial charge in [-0.3, -0.25) is 4.90 Å². The second-order valence-electron chi connectivity index (χ2n) is 6.44. The molecule has 0 atom stereocenters. The zero-order chi connectivity index (χ0) is 17.2. The molecule has 25 heavy (non-hydrogen) atoms. The third kappa shape index (κ3) is 3.39. The highest BCUT2D eigenvalue weighted by molar-refractivity contribution is 5.87. The first kappa shape index (κ1) is 15.8. The van der Waals surface area contributed by atoms with Crippen molar-refractivity contribution < 1.29 is 0 Å². The van der Waals surface area contributed by atoms with E-state index in [4.69, 9.17) is 5.73 Å². The Bertz CT molecular complexity index is 886. The van der Waals surface area contributed by atoms with Gasteiger partial charge in [-0.1, -0.05) is 18.2 Å². The molecule has 0 unspecified atom stereocenters. The van der Waals surface area contributed by atoms with Crippen LogP contribution < -0.4 is 10.6 Å². The standard InChI is InChI=1S/C19H22N6/c1-14-5-4-8-18(21-14)25-11-9-24(10-12-25)13-17-22-16-7-3-2-6-15(16)19(20)23-17/h2-8H,9-13H2,1H3,(H2,20,22,23). The lowest BCUT2D eigenvalue weighted by molar-refractivity contribution is 0.244. The van der Waals surface area contributed by atoms with Crippen molar-refractivity contribution in [1.82, 2.24) is 19.9 Å². The highest BCUT2D eigenvalue weighted by Gasteiger charge is 2.19. The molecule has 128 valence electrons. The van der Waals surface area contributed by atoms with Crippen molar-refractivity contribution in [2.24, 2.45) is 0 Å². The zero-order valence-corrected chi connectivity index (χ0v) is 14.4. The summed E-state index contributed by atoms with van der Waals surface area (Å²) in [5.74, 6) is 2.41. The molecule has 1 fully saturated rings. The molecule has 0 bridgehead atoms. The van der Waals surface area contributed by atoms with Gasteiger partial charge < -0.3 is 10.6 Å². The Balaban J connectivity index is 1.43. The molecular formula is C19H22N6. The number of aryl methyl sites for hydroxylation is 1. The fourth-order valence-corrected chi connectivity index (χ4v) is 3.26. The molecule has 0 spiro atoms. The molecule has 0 amide bonds. The maximum Gasteiger partial charge on any atom is 0.145 e. The van der Waals surface area contributed by atoms with E-state index in [1.54, 1.807) is 0 Å². The van der Waals surface area contributed by atoms with Gasteiger partial charge in [0, 0.05) is 37.3 Å². The van der Waals surface area contributed by atoms with Crippen LogP contribution in [0.2, 0.25) is 0 Å². The summed E-state index contributed by atoms with van der Waals surface area (Å²) in [5.41, 5.74) is 8.05. The van der Waals surface area contributed by atoms with Crippen molar-refractivity contribution in [2.75, 3.05) is 36.8 Å². The minimum absolute atomic E-state index is 0.559. The van der Waals surface area contributed by atoms with Crippen molar-refractivity contribution in [3.05, 3.63) is 54.0 Å². The molecule has 1 aromatic carbocycles. The van der Waals surface area contributed by atoms with Gasteiger partial charge in [0.25, 0.3) is 0 Å². The molecule has 1 aliphatic heterocycles. The van der Waals surface area contributed by atoms with Crippen LogP contribution in [0.4, 0.5) is 11.6 Å². The molecule has 3 heterocycles. The third-order valence-corrected chi connectivity index (χ3v) is 4.61. The van der Waals surface area contributed by atoms with Gasteiger partial charge in [-0.2, -0.15) is 0 Å². The number of pyridine rings is 1. The summed E-state index contributed by atoms with van der Waals surface area (Å²) in [6.07, 6.45) is 0. The van der Waals surface area contributed by atoms with Crippen molar-refractivity contribution in [3.8, 4) is 0 Å². The van der Waals surface area contributed by atoms with Gasteiger partial charge in [0.1, 0.15) is 17.5 Å². The number of hydrogen-bond donors (Lipinski definition) is 1. The summed E-state index contributed by atoms with van der Waals surface area (Å²) in [6.45, 7) is 6.60. The number of piperazine rings is 1. The Morgan fingerprint density at radius 1 is 0.920 bits per heavy atom. The third-order valence-electron chi connectivity index (χ3n) is 4.61. The normalized spacial score (nSPS) is 15.6. The minimum atomic E-state index is 0.559. The number of anilines is 2. The topological polar surface area (TPSA) is 71.2 Å². The molecule has 6 heteroatoms. The van der Waals surface area contributed by atoms with Crippen LogP contribution in [0.5, 0.6) is 0 Å². The Labute approximate surface area is 147 Å². The summed E-state index contributed by atoms with van der Waals surface area (Å²) < 4.78 is 0. The predicted octanol–water partition coefficient (Wildman–Crippen LogP) is 2.24. The Hall–Kier alpha value is -2.73. The Morgan fingerprint density at radius 2 is 1.72 bits per heavy atom. The number of para-hydroxylation sites is 1. The van der Waals surface area contributed by atoms with Gasteiger partial charge in [-0.05, 0) is 31.2 Å². The van der Waals surface area contributed by atoms with Crippen LogP contribution >= 0.6 is 0 Å². The van der Waals surface area contributed by atoms with E-state index in [1.807, 2.05) is 37.3 Å². The first-order chi connectivity index (χ1) is 12.2. The average Bonchev–Trinajstić information content (AvgIpc) is 2.62. The number of hydrogen-bond acceptors (Lipinski definition) is 6. The fraction of sp³-hybridized carbons (Fsp3) is 0.316. The van der Waals surface area contributed by atoms with Crippen LogP contribution in [-0.4, -0.2) is 46.0 Å². The van der Waals surface area contributed by atoms with Crippen LogP contribution in [0.1, 0.15) is 11.5 Å². The molecule has 4 rings (SSSR count). The van der Waals surface area contributed by atoms with Crippen molar-refractivity contribution >= 4 is 22.5 Å². The summed E-state index contributed by atoms with van der Waals surface area (Å²) in [6, 6.07) is 14.1. The predicted molar refractivity (Wildman–Crippen MR) is 100 cm³/mol. The number of nitrogen functional groups attached to an aromatic ring is 1. The fourth-order valence-electron chi connectivity index (χ4n) is 3.26. The van der Waals surface area contributed by atoms with E-state index in [0.717, 1.165) is 61.0 Å². The van der Waals surface area contributed by atoms with Crippen molar-refractivity contribution in [1.29, 1.82) is 0 Å². The van der Waals surface area contributed by atoms with Gasteiger partial charge in [0.05, 0.1) is 12.1 Å².